The zero-order valence-electron chi connectivity index (χ0n) is 10.4. The van der Waals surface area contributed by atoms with E-state index in [1.807, 2.05) is 11.7 Å². The van der Waals surface area contributed by atoms with E-state index < -0.39 is 0 Å². The molecular weight excluding hydrogens is 204 g/mol. The zero-order valence-corrected chi connectivity index (χ0v) is 10.4. The number of hydrogen-bond donors (Lipinski definition) is 1. The number of aryl methyl sites for hydroxylation is 1. The number of rotatable bonds is 8. The molecule has 16 heavy (non-hydrogen) atoms. The first-order chi connectivity index (χ1) is 7.81. The number of nitrogens with one attached hydrogen (secondary N) is 1. The minimum Gasteiger partial charge on any atom is -0.380 e. The average Bonchev–Trinajstić information content (AvgIpc) is 2.75. The molecule has 0 amide bonds. The number of nitrogens with zero attached hydrogens (tertiary/aromatic N) is 3. The van der Waals surface area contributed by atoms with Crippen molar-refractivity contribution in [3.05, 3.63) is 12.2 Å². The smallest absolute Gasteiger partial charge is 0.138 e. The Morgan fingerprint density at radius 2 is 2.31 bits per heavy atom. The molecule has 1 atom stereocenters. The second-order valence-corrected chi connectivity index (χ2v) is 3.76. The third-order valence-electron chi connectivity index (χ3n) is 2.50. The molecule has 0 saturated heterocycles. The number of ether oxygens (including phenoxy) is 1. The van der Waals surface area contributed by atoms with Crippen molar-refractivity contribution in [2.45, 2.75) is 39.3 Å². The van der Waals surface area contributed by atoms with E-state index >= 15 is 0 Å². The molecule has 0 spiro atoms. The van der Waals surface area contributed by atoms with Gasteiger partial charge in [-0.15, -0.1) is 0 Å². The first-order valence-corrected chi connectivity index (χ1v) is 5.93. The summed E-state index contributed by atoms with van der Waals surface area (Å²) in [4.78, 5) is 4.26. The summed E-state index contributed by atoms with van der Waals surface area (Å²) in [5.41, 5.74) is 0. The highest BCUT2D eigenvalue weighted by atomic mass is 16.5. The highest BCUT2D eigenvalue weighted by molar-refractivity contribution is 4.89. The van der Waals surface area contributed by atoms with Gasteiger partial charge in [-0.2, -0.15) is 5.10 Å². The van der Waals surface area contributed by atoms with Crippen molar-refractivity contribution < 1.29 is 4.74 Å². The van der Waals surface area contributed by atoms with Crippen LogP contribution in [0.1, 0.15) is 26.1 Å². The number of aromatic nitrogens is 3. The van der Waals surface area contributed by atoms with Gasteiger partial charge in [-0.1, -0.05) is 6.92 Å². The molecule has 0 fully saturated rings. The second-order valence-electron chi connectivity index (χ2n) is 3.76. The van der Waals surface area contributed by atoms with E-state index in [0.29, 0.717) is 6.04 Å². The summed E-state index contributed by atoms with van der Waals surface area (Å²) in [6, 6.07) is 0.307. The Balaban J connectivity index is 2.43. The highest BCUT2D eigenvalue weighted by Gasteiger charge is 2.11. The zero-order chi connectivity index (χ0) is 11.8. The third-order valence-corrected chi connectivity index (χ3v) is 2.50. The van der Waals surface area contributed by atoms with Gasteiger partial charge in [0.1, 0.15) is 12.2 Å². The van der Waals surface area contributed by atoms with E-state index in [-0.39, 0.29) is 0 Å². The monoisotopic (exact) mass is 226 g/mol. The minimum atomic E-state index is 0.307. The molecule has 5 heteroatoms. The molecule has 0 radical (unpaired) electrons. The van der Waals surface area contributed by atoms with E-state index in [1.54, 1.807) is 6.33 Å². The predicted octanol–water partition coefficient (Wildman–Crippen LogP) is 0.855. The Morgan fingerprint density at radius 3 is 2.94 bits per heavy atom. The van der Waals surface area contributed by atoms with Gasteiger partial charge >= 0.3 is 0 Å². The van der Waals surface area contributed by atoms with Crippen LogP contribution in [0.15, 0.2) is 6.33 Å². The molecule has 92 valence electrons. The molecule has 0 saturated carbocycles. The molecule has 1 rings (SSSR count). The van der Waals surface area contributed by atoms with Gasteiger partial charge in [0.25, 0.3) is 0 Å². The summed E-state index contributed by atoms with van der Waals surface area (Å²) in [5, 5.41) is 7.40. The van der Waals surface area contributed by atoms with Crippen molar-refractivity contribution in [1.29, 1.82) is 0 Å². The fourth-order valence-electron chi connectivity index (χ4n) is 1.54. The van der Waals surface area contributed by atoms with Gasteiger partial charge in [0.05, 0.1) is 6.61 Å². The molecule has 0 aromatic carbocycles. The fraction of sp³-hybridized carbons (Fsp3) is 0.818. The maximum atomic E-state index is 5.54. The van der Waals surface area contributed by atoms with Crippen LogP contribution in [0.25, 0.3) is 0 Å². The molecule has 5 nitrogen and oxygen atoms in total. The molecule has 0 aliphatic heterocycles. The van der Waals surface area contributed by atoms with Crippen molar-refractivity contribution in [3.8, 4) is 0 Å². The van der Waals surface area contributed by atoms with Gasteiger partial charge in [0.15, 0.2) is 0 Å². The molecular formula is C11H22N4O. The highest BCUT2D eigenvalue weighted by Crippen LogP contribution is 2.00. The standard InChI is InChI=1S/C11H22N4O/c1-4-6-16-8-10(12-3)7-11-13-9-14-15(11)5-2/h9-10,12H,4-8H2,1-3H3. The fourth-order valence-corrected chi connectivity index (χ4v) is 1.54. The van der Waals surface area contributed by atoms with Crippen molar-refractivity contribution in [2.75, 3.05) is 20.3 Å². The third kappa shape index (κ3) is 3.90. The van der Waals surface area contributed by atoms with E-state index in [0.717, 1.165) is 38.4 Å². The lowest BCUT2D eigenvalue weighted by molar-refractivity contribution is 0.113. The number of hydrogen-bond acceptors (Lipinski definition) is 4. The van der Waals surface area contributed by atoms with E-state index in [4.69, 9.17) is 4.74 Å². The molecule has 0 aliphatic carbocycles. The Kier molecular flexibility index (Phi) is 6.03. The molecule has 1 N–H and O–H groups in total. The molecule has 1 heterocycles. The lowest BCUT2D eigenvalue weighted by Crippen LogP contribution is -2.33. The van der Waals surface area contributed by atoms with Crippen LogP contribution in [0.3, 0.4) is 0 Å². The van der Waals surface area contributed by atoms with E-state index in [1.165, 1.54) is 0 Å². The van der Waals surface area contributed by atoms with E-state index in [2.05, 4.69) is 29.2 Å². The van der Waals surface area contributed by atoms with Gasteiger partial charge < -0.3 is 10.1 Å². The van der Waals surface area contributed by atoms with Gasteiger partial charge in [0, 0.05) is 25.6 Å². The van der Waals surface area contributed by atoms with Crippen LogP contribution in [0.4, 0.5) is 0 Å². The maximum Gasteiger partial charge on any atom is 0.138 e. The van der Waals surface area contributed by atoms with Crippen LogP contribution >= 0.6 is 0 Å². The SMILES string of the molecule is CCCOCC(Cc1ncnn1CC)NC. The quantitative estimate of drug-likeness (QED) is 0.668. The second kappa shape index (κ2) is 7.35. The minimum absolute atomic E-state index is 0.307. The van der Waals surface area contributed by atoms with Gasteiger partial charge in [-0.05, 0) is 20.4 Å². The summed E-state index contributed by atoms with van der Waals surface area (Å²) in [5.74, 6) is 1.02. The molecule has 1 unspecified atom stereocenters. The van der Waals surface area contributed by atoms with Crippen molar-refractivity contribution in [2.24, 2.45) is 0 Å². The van der Waals surface area contributed by atoms with E-state index in [9.17, 15) is 0 Å². The Bertz CT molecular complexity index is 287. The Hall–Kier alpha value is -0.940. The largest absolute Gasteiger partial charge is 0.380 e. The molecule has 0 aliphatic rings. The first-order valence-electron chi connectivity index (χ1n) is 5.93. The summed E-state index contributed by atoms with van der Waals surface area (Å²) >= 11 is 0. The predicted molar refractivity (Wildman–Crippen MR) is 63.4 cm³/mol. The summed E-state index contributed by atoms with van der Waals surface area (Å²) in [6.07, 6.45) is 3.52. The topological polar surface area (TPSA) is 52.0 Å². The van der Waals surface area contributed by atoms with Crippen molar-refractivity contribution in [3.63, 3.8) is 0 Å². The Labute approximate surface area is 97.2 Å². The normalized spacial score (nSPS) is 12.9. The molecule has 0 bridgehead atoms. The van der Waals surface area contributed by atoms with Gasteiger partial charge in [-0.3, -0.25) is 4.68 Å². The van der Waals surface area contributed by atoms with Gasteiger partial charge in [-0.25, -0.2) is 4.98 Å². The summed E-state index contributed by atoms with van der Waals surface area (Å²) < 4.78 is 7.46. The first kappa shape index (κ1) is 13.1. The van der Waals surface area contributed by atoms with Crippen LogP contribution in [-0.2, 0) is 17.7 Å². The lowest BCUT2D eigenvalue weighted by Gasteiger charge is -2.15. The summed E-state index contributed by atoms with van der Waals surface area (Å²) in [6.45, 7) is 6.59. The maximum absolute atomic E-state index is 5.54. The van der Waals surface area contributed by atoms with Crippen LogP contribution in [0.2, 0.25) is 0 Å². The van der Waals surface area contributed by atoms with Crippen molar-refractivity contribution in [1.82, 2.24) is 20.1 Å². The average molecular weight is 226 g/mol. The van der Waals surface area contributed by atoms with Crippen LogP contribution < -0.4 is 5.32 Å². The van der Waals surface area contributed by atoms with Gasteiger partial charge in [0.2, 0.25) is 0 Å². The molecule has 1 aromatic rings. The molecule has 1 aromatic heterocycles. The van der Waals surface area contributed by atoms with Crippen LogP contribution in [0.5, 0.6) is 0 Å². The lowest BCUT2D eigenvalue weighted by atomic mass is 10.2. The van der Waals surface area contributed by atoms with Crippen LogP contribution in [-0.4, -0.2) is 41.1 Å². The number of likely N-dealkylation sites (N-methyl/N-ethyl adjacent to an activating group) is 1. The van der Waals surface area contributed by atoms with Crippen molar-refractivity contribution >= 4 is 0 Å². The van der Waals surface area contributed by atoms with Crippen LogP contribution in [0, 0.1) is 0 Å². The summed E-state index contributed by atoms with van der Waals surface area (Å²) in [7, 11) is 1.95. The Morgan fingerprint density at radius 1 is 1.50 bits per heavy atom.